The number of alkyl halides is 1. The summed E-state index contributed by atoms with van der Waals surface area (Å²) in [5.41, 5.74) is 0.967. The molecule has 0 saturated heterocycles. The van der Waals surface area contributed by atoms with Crippen molar-refractivity contribution >= 4 is 17.6 Å². The van der Waals surface area contributed by atoms with E-state index >= 15 is 0 Å². The zero-order valence-corrected chi connectivity index (χ0v) is 13.7. The molecule has 1 aliphatic carbocycles. The van der Waals surface area contributed by atoms with Crippen molar-refractivity contribution in [3.8, 4) is 12.3 Å². The Bertz CT molecular complexity index is 495. The van der Waals surface area contributed by atoms with Gasteiger partial charge in [-0.2, -0.15) is 0 Å². The SMILES string of the molecule is C#CC(OC(=O)C1C(C=C(C)C)C1(C)C)/C(F)=C/CCCl. The minimum absolute atomic E-state index is 0.114. The Morgan fingerprint density at radius 1 is 1.52 bits per heavy atom. The number of terminal acetylenes is 1. The van der Waals surface area contributed by atoms with E-state index in [0.29, 0.717) is 6.42 Å². The van der Waals surface area contributed by atoms with Crippen molar-refractivity contribution in [2.75, 3.05) is 5.88 Å². The number of halogens is 2. The van der Waals surface area contributed by atoms with Gasteiger partial charge in [-0.3, -0.25) is 4.79 Å². The van der Waals surface area contributed by atoms with Crippen LogP contribution in [0.2, 0.25) is 0 Å². The van der Waals surface area contributed by atoms with Gasteiger partial charge in [-0.1, -0.05) is 31.4 Å². The summed E-state index contributed by atoms with van der Waals surface area (Å²) >= 11 is 5.49. The molecule has 3 unspecified atom stereocenters. The van der Waals surface area contributed by atoms with E-state index in [1.165, 1.54) is 6.08 Å². The average molecular weight is 313 g/mol. The Hall–Kier alpha value is -1.27. The minimum Gasteiger partial charge on any atom is -0.441 e. The van der Waals surface area contributed by atoms with Gasteiger partial charge in [0.25, 0.3) is 0 Å². The fourth-order valence-corrected chi connectivity index (χ4v) is 2.57. The van der Waals surface area contributed by atoms with Crippen LogP contribution in [-0.4, -0.2) is 18.0 Å². The van der Waals surface area contributed by atoms with Gasteiger partial charge in [0.2, 0.25) is 6.10 Å². The van der Waals surface area contributed by atoms with Crippen LogP contribution in [0.5, 0.6) is 0 Å². The molecule has 1 saturated carbocycles. The molecule has 0 radical (unpaired) electrons. The molecule has 0 aromatic rings. The molecule has 116 valence electrons. The standard InChI is InChI=1S/C17H22ClFO2/c1-6-14(13(19)8-7-9-18)21-16(20)15-12(10-11(2)3)17(15,4)5/h1,8,10,12,14-15H,7,9H2,2-5H3/b13-8-. The predicted molar refractivity (Wildman–Crippen MR) is 83.4 cm³/mol. The van der Waals surface area contributed by atoms with Crippen molar-refractivity contribution in [2.24, 2.45) is 17.3 Å². The van der Waals surface area contributed by atoms with Crippen molar-refractivity contribution in [1.29, 1.82) is 0 Å². The van der Waals surface area contributed by atoms with Crippen molar-refractivity contribution < 1.29 is 13.9 Å². The summed E-state index contributed by atoms with van der Waals surface area (Å²) in [6.45, 7) is 7.95. The number of carbonyl (C=O) groups is 1. The van der Waals surface area contributed by atoms with Crippen LogP contribution >= 0.6 is 11.6 Å². The van der Waals surface area contributed by atoms with Gasteiger partial charge in [0.15, 0.2) is 0 Å². The molecule has 0 aromatic carbocycles. The molecule has 1 aliphatic rings. The lowest BCUT2D eigenvalue weighted by Gasteiger charge is -2.11. The van der Waals surface area contributed by atoms with E-state index in [-0.39, 0.29) is 23.1 Å². The van der Waals surface area contributed by atoms with Crippen molar-refractivity contribution in [1.82, 2.24) is 0 Å². The average Bonchev–Trinajstić information content (AvgIpc) is 2.93. The normalized spacial score (nSPS) is 24.7. The molecule has 4 heteroatoms. The first-order chi connectivity index (χ1) is 9.75. The number of ether oxygens (including phenoxy) is 1. The molecule has 0 spiro atoms. The lowest BCUT2D eigenvalue weighted by molar-refractivity contribution is -0.148. The molecule has 0 amide bonds. The van der Waals surface area contributed by atoms with Crippen LogP contribution in [0.15, 0.2) is 23.6 Å². The molecular formula is C17H22ClFO2. The molecule has 0 aromatic heterocycles. The second-order valence-corrected chi connectivity index (χ2v) is 6.50. The zero-order valence-electron chi connectivity index (χ0n) is 13.0. The summed E-state index contributed by atoms with van der Waals surface area (Å²) in [5, 5.41) is 0. The van der Waals surface area contributed by atoms with Gasteiger partial charge >= 0.3 is 5.97 Å². The lowest BCUT2D eigenvalue weighted by Crippen LogP contribution is -2.20. The molecule has 21 heavy (non-hydrogen) atoms. The first-order valence-corrected chi connectivity index (χ1v) is 7.52. The maximum Gasteiger partial charge on any atom is 0.311 e. The molecular weight excluding hydrogens is 291 g/mol. The third-order valence-corrected chi connectivity index (χ3v) is 3.98. The van der Waals surface area contributed by atoms with E-state index in [1.807, 2.05) is 27.7 Å². The Labute approximate surface area is 131 Å². The second kappa shape index (κ2) is 7.13. The van der Waals surface area contributed by atoms with Gasteiger partial charge < -0.3 is 4.74 Å². The van der Waals surface area contributed by atoms with Crippen LogP contribution in [0.25, 0.3) is 0 Å². The van der Waals surface area contributed by atoms with Crippen LogP contribution in [-0.2, 0) is 9.53 Å². The largest absolute Gasteiger partial charge is 0.441 e. The van der Waals surface area contributed by atoms with Crippen molar-refractivity contribution in [3.05, 3.63) is 23.6 Å². The first kappa shape index (κ1) is 17.8. The van der Waals surface area contributed by atoms with Crippen LogP contribution < -0.4 is 0 Å². The van der Waals surface area contributed by atoms with E-state index in [2.05, 4.69) is 12.0 Å². The summed E-state index contributed by atoms with van der Waals surface area (Å²) in [6.07, 6.45) is 7.64. The number of carbonyl (C=O) groups excluding carboxylic acids is 1. The minimum atomic E-state index is -1.26. The molecule has 2 nitrogen and oxygen atoms in total. The van der Waals surface area contributed by atoms with Gasteiger partial charge in [-0.25, -0.2) is 4.39 Å². The molecule has 0 bridgehead atoms. The maximum atomic E-state index is 13.8. The number of allylic oxidation sites excluding steroid dienone is 3. The molecule has 0 aliphatic heterocycles. The van der Waals surface area contributed by atoms with E-state index in [9.17, 15) is 9.18 Å². The fourth-order valence-electron chi connectivity index (χ4n) is 2.46. The Morgan fingerprint density at radius 2 is 2.14 bits per heavy atom. The van der Waals surface area contributed by atoms with Crippen LogP contribution in [0.1, 0.15) is 34.1 Å². The number of esters is 1. The van der Waals surface area contributed by atoms with E-state index in [1.54, 1.807) is 0 Å². The van der Waals surface area contributed by atoms with Crippen LogP contribution in [0.4, 0.5) is 4.39 Å². The van der Waals surface area contributed by atoms with Crippen LogP contribution in [0.3, 0.4) is 0 Å². The highest BCUT2D eigenvalue weighted by Crippen LogP contribution is 2.59. The molecule has 1 rings (SSSR count). The number of hydrogen-bond donors (Lipinski definition) is 0. The zero-order chi connectivity index (χ0) is 16.2. The van der Waals surface area contributed by atoms with Crippen molar-refractivity contribution in [2.45, 2.75) is 40.2 Å². The van der Waals surface area contributed by atoms with E-state index < -0.39 is 17.9 Å². The topological polar surface area (TPSA) is 26.3 Å². The summed E-state index contributed by atoms with van der Waals surface area (Å²) < 4.78 is 18.9. The smallest absolute Gasteiger partial charge is 0.311 e. The van der Waals surface area contributed by atoms with Crippen LogP contribution in [0, 0.1) is 29.6 Å². The quantitative estimate of drug-likeness (QED) is 0.317. The monoisotopic (exact) mass is 312 g/mol. The highest BCUT2D eigenvalue weighted by Gasteiger charge is 2.61. The molecule has 3 atom stereocenters. The summed E-state index contributed by atoms with van der Waals surface area (Å²) in [6, 6.07) is 0. The molecule has 0 N–H and O–H groups in total. The van der Waals surface area contributed by atoms with Gasteiger partial charge in [0.1, 0.15) is 5.83 Å². The summed E-state index contributed by atoms with van der Waals surface area (Å²) in [7, 11) is 0. The van der Waals surface area contributed by atoms with Gasteiger partial charge in [-0.05, 0) is 37.7 Å². The Kier molecular flexibility index (Phi) is 6.04. The third kappa shape index (κ3) is 4.35. The summed E-state index contributed by atoms with van der Waals surface area (Å²) in [4.78, 5) is 12.2. The molecule has 1 fully saturated rings. The Morgan fingerprint density at radius 3 is 2.62 bits per heavy atom. The predicted octanol–water partition coefficient (Wildman–Crippen LogP) is 4.25. The first-order valence-electron chi connectivity index (χ1n) is 6.98. The number of rotatable bonds is 6. The highest BCUT2D eigenvalue weighted by atomic mass is 35.5. The highest BCUT2D eigenvalue weighted by molar-refractivity contribution is 6.17. The molecule has 0 heterocycles. The van der Waals surface area contributed by atoms with Gasteiger partial charge in [-0.15, -0.1) is 18.0 Å². The fraction of sp³-hybridized carbons (Fsp3) is 0.588. The third-order valence-electron chi connectivity index (χ3n) is 3.76. The van der Waals surface area contributed by atoms with Gasteiger partial charge in [0.05, 0.1) is 5.92 Å². The van der Waals surface area contributed by atoms with Crippen molar-refractivity contribution in [3.63, 3.8) is 0 Å². The lowest BCUT2D eigenvalue weighted by atomic mass is 10.1. The van der Waals surface area contributed by atoms with E-state index in [4.69, 9.17) is 22.8 Å². The second-order valence-electron chi connectivity index (χ2n) is 6.12. The maximum absolute atomic E-state index is 13.8. The Balaban J connectivity index is 2.73. The number of hydrogen-bond acceptors (Lipinski definition) is 2. The summed E-state index contributed by atoms with van der Waals surface area (Å²) in [5.74, 6) is 1.21. The van der Waals surface area contributed by atoms with Gasteiger partial charge in [0, 0.05) is 5.88 Å². The van der Waals surface area contributed by atoms with E-state index in [0.717, 1.165) is 5.57 Å².